The highest BCUT2D eigenvalue weighted by Gasteiger charge is 1.98. The van der Waals surface area contributed by atoms with Gasteiger partial charge in [-0.2, -0.15) is 0 Å². The lowest BCUT2D eigenvalue weighted by atomic mass is 10.1. The molecule has 0 aliphatic rings. The van der Waals surface area contributed by atoms with E-state index < -0.39 is 0 Å². The van der Waals surface area contributed by atoms with Crippen molar-refractivity contribution in [1.29, 1.82) is 0 Å². The Morgan fingerprint density at radius 2 is 1.56 bits per heavy atom. The van der Waals surface area contributed by atoms with E-state index in [2.05, 4.69) is 15.9 Å². The van der Waals surface area contributed by atoms with E-state index in [1.165, 1.54) is 19.3 Å². The molecule has 0 saturated heterocycles. The van der Waals surface area contributed by atoms with Crippen LogP contribution in [0, 0.1) is 0 Å². The van der Waals surface area contributed by atoms with Crippen LogP contribution in [0.2, 0.25) is 0 Å². The summed E-state index contributed by atoms with van der Waals surface area (Å²) < 4.78 is 4.93. The van der Waals surface area contributed by atoms with E-state index in [9.17, 15) is 9.59 Å². The summed E-state index contributed by atoms with van der Waals surface area (Å²) >= 11 is 3.04. The average molecular weight is 293 g/mol. The first-order chi connectivity index (χ1) is 7.81. The van der Waals surface area contributed by atoms with Gasteiger partial charge in [-0.05, 0) is 12.8 Å². The Morgan fingerprint density at radius 3 is 2.12 bits per heavy atom. The van der Waals surface area contributed by atoms with Crippen molar-refractivity contribution in [3.63, 3.8) is 0 Å². The molecule has 0 saturated carbocycles. The van der Waals surface area contributed by atoms with Crippen LogP contribution in [0.15, 0.2) is 0 Å². The molecule has 0 bridgehead atoms. The Balaban J connectivity index is 2.98. The van der Waals surface area contributed by atoms with Gasteiger partial charge < -0.3 is 9.53 Å². The number of carbonyl (C=O) groups is 2. The number of rotatable bonds is 11. The third-order valence-electron chi connectivity index (χ3n) is 2.34. The topological polar surface area (TPSA) is 43.4 Å². The van der Waals surface area contributed by atoms with Crippen molar-refractivity contribution in [3.05, 3.63) is 0 Å². The lowest BCUT2D eigenvalue weighted by Crippen LogP contribution is -2.06. The van der Waals surface area contributed by atoms with Gasteiger partial charge in [0.1, 0.15) is 11.6 Å². The van der Waals surface area contributed by atoms with Crippen LogP contribution in [0.1, 0.15) is 51.4 Å². The Bertz CT molecular complexity index is 183. The third kappa shape index (κ3) is 11.7. The Hall–Kier alpha value is -0.380. The molecule has 4 heteroatoms. The largest absolute Gasteiger partial charge is 0.465 e. The van der Waals surface area contributed by atoms with Crippen LogP contribution in [0.4, 0.5) is 0 Å². The van der Waals surface area contributed by atoms with Crippen LogP contribution in [-0.2, 0) is 14.3 Å². The molecular formula is C12H21BrO3. The summed E-state index contributed by atoms with van der Waals surface area (Å²) in [5.74, 6) is -0.186. The molecule has 0 heterocycles. The van der Waals surface area contributed by atoms with E-state index in [4.69, 9.17) is 4.74 Å². The molecule has 0 radical (unpaired) electrons. The quantitative estimate of drug-likeness (QED) is 0.254. The molecule has 0 aliphatic heterocycles. The van der Waals surface area contributed by atoms with E-state index in [1.807, 2.05) is 0 Å². The minimum absolute atomic E-state index is 0.186. The Morgan fingerprint density at radius 1 is 1.00 bits per heavy atom. The highest BCUT2D eigenvalue weighted by atomic mass is 79.9. The molecule has 0 aliphatic carbocycles. The first-order valence-corrected chi connectivity index (χ1v) is 7.08. The van der Waals surface area contributed by atoms with E-state index in [0.717, 1.165) is 32.0 Å². The monoisotopic (exact) mass is 292 g/mol. The average Bonchev–Trinajstić information content (AvgIpc) is 2.31. The van der Waals surface area contributed by atoms with Crippen LogP contribution in [-0.4, -0.2) is 24.2 Å². The lowest BCUT2D eigenvalue weighted by molar-refractivity contribution is -0.140. The summed E-state index contributed by atoms with van der Waals surface area (Å²) in [7, 11) is 0. The molecular weight excluding hydrogens is 272 g/mol. The van der Waals surface area contributed by atoms with Crippen molar-refractivity contribution in [2.24, 2.45) is 0 Å². The Labute approximate surface area is 106 Å². The van der Waals surface area contributed by atoms with E-state index in [1.54, 1.807) is 0 Å². The standard InChI is InChI=1S/C12H21BrO3/c13-11-12(15)16-10-8-6-4-2-1-3-5-7-9-14/h9H,1-8,10-11H2. The van der Waals surface area contributed by atoms with Crippen LogP contribution in [0.5, 0.6) is 0 Å². The van der Waals surface area contributed by atoms with Crippen molar-refractivity contribution in [2.75, 3.05) is 11.9 Å². The number of halogens is 1. The molecule has 0 fully saturated rings. The molecule has 0 atom stereocenters. The number of unbranched alkanes of at least 4 members (excludes halogenated alkanes) is 7. The SMILES string of the molecule is O=CCCCCCCCCCOC(=O)CBr. The number of hydrogen-bond donors (Lipinski definition) is 0. The molecule has 0 aromatic carbocycles. The predicted molar refractivity (Wildman–Crippen MR) is 67.8 cm³/mol. The highest BCUT2D eigenvalue weighted by molar-refractivity contribution is 9.09. The van der Waals surface area contributed by atoms with Gasteiger partial charge in [-0.3, -0.25) is 4.79 Å². The number of carbonyl (C=O) groups excluding carboxylic acids is 2. The smallest absolute Gasteiger partial charge is 0.316 e. The van der Waals surface area contributed by atoms with Gasteiger partial charge in [0.25, 0.3) is 0 Å². The van der Waals surface area contributed by atoms with Crippen LogP contribution in [0.25, 0.3) is 0 Å². The normalized spacial score (nSPS) is 10.1. The van der Waals surface area contributed by atoms with Gasteiger partial charge in [-0.1, -0.05) is 48.0 Å². The fourth-order valence-corrected chi connectivity index (χ4v) is 1.60. The van der Waals surface area contributed by atoms with E-state index in [0.29, 0.717) is 13.0 Å². The minimum Gasteiger partial charge on any atom is -0.465 e. The molecule has 0 amide bonds. The fourth-order valence-electron chi connectivity index (χ4n) is 1.44. The van der Waals surface area contributed by atoms with Crippen molar-refractivity contribution < 1.29 is 14.3 Å². The molecule has 94 valence electrons. The fraction of sp³-hybridized carbons (Fsp3) is 0.833. The highest BCUT2D eigenvalue weighted by Crippen LogP contribution is 2.08. The number of alkyl halides is 1. The molecule has 3 nitrogen and oxygen atoms in total. The summed E-state index contributed by atoms with van der Waals surface area (Å²) in [5.41, 5.74) is 0. The van der Waals surface area contributed by atoms with Crippen molar-refractivity contribution >= 4 is 28.2 Å². The van der Waals surface area contributed by atoms with Gasteiger partial charge in [0.15, 0.2) is 0 Å². The minimum atomic E-state index is -0.186. The second kappa shape index (κ2) is 12.7. The van der Waals surface area contributed by atoms with Gasteiger partial charge in [-0.25, -0.2) is 0 Å². The molecule has 0 unspecified atom stereocenters. The zero-order valence-electron chi connectivity index (χ0n) is 9.75. The van der Waals surface area contributed by atoms with Gasteiger partial charge in [0.05, 0.1) is 6.61 Å². The van der Waals surface area contributed by atoms with Crippen LogP contribution in [0.3, 0.4) is 0 Å². The van der Waals surface area contributed by atoms with Crippen LogP contribution < -0.4 is 0 Å². The predicted octanol–water partition coefficient (Wildman–Crippen LogP) is 3.24. The van der Waals surface area contributed by atoms with Gasteiger partial charge in [0.2, 0.25) is 0 Å². The summed E-state index contributed by atoms with van der Waals surface area (Å²) in [4.78, 5) is 20.8. The number of ether oxygens (including phenoxy) is 1. The molecule has 16 heavy (non-hydrogen) atoms. The molecule has 0 rings (SSSR count). The van der Waals surface area contributed by atoms with Crippen molar-refractivity contribution in [2.45, 2.75) is 51.4 Å². The summed E-state index contributed by atoms with van der Waals surface area (Å²) in [6.45, 7) is 0.537. The van der Waals surface area contributed by atoms with Gasteiger partial charge in [0, 0.05) is 6.42 Å². The first kappa shape index (κ1) is 15.6. The maximum Gasteiger partial charge on any atom is 0.316 e. The molecule has 0 N–H and O–H groups in total. The lowest BCUT2D eigenvalue weighted by Gasteiger charge is -2.02. The van der Waals surface area contributed by atoms with Gasteiger partial charge >= 0.3 is 5.97 Å². The maximum absolute atomic E-state index is 10.7. The third-order valence-corrected chi connectivity index (χ3v) is 2.80. The Kier molecular flexibility index (Phi) is 12.4. The number of aldehydes is 1. The summed E-state index contributed by atoms with van der Waals surface area (Å²) in [5, 5.41) is 0.281. The number of hydrogen-bond acceptors (Lipinski definition) is 3. The van der Waals surface area contributed by atoms with E-state index >= 15 is 0 Å². The molecule has 0 aromatic rings. The summed E-state index contributed by atoms with van der Waals surface area (Å²) in [6, 6.07) is 0. The van der Waals surface area contributed by atoms with Crippen LogP contribution >= 0.6 is 15.9 Å². The molecule has 0 spiro atoms. The first-order valence-electron chi connectivity index (χ1n) is 5.96. The second-order valence-corrected chi connectivity index (χ2v) is 4.35. The van der Waals surface area contributed by atoms with E-state index in [-0.39, 0.29) is 11.3 Å². The summed E-state index contributed by atoms with van der Waals surface area (Å²) in [6.07, 6.45) is 9.52. The number of esters is 1. The van der Waals surface area contributed by atoms with Gasteiger partial charge in [-0.15, -0.1) is 0 Å². The maximum atomic E-state index is 10.7. The molecule has 0 aromatic heterocycles. The van der Waals surface area contributed by atoms with Crippen molar-refractivity contribution in [1.82, 2.24) is 0 Å². The zero-order valence-corrected chi connectivity index (χ0v) is 11.3. The second-order valence-electron chi connectivity index (χ2n) is 3.78. The zero-order chi connectivity index (χ0) is 12.1. The van der Waals surface area contributed by atoms with Crippen molar-refractivity contribution in [3.8, 4) is 0 Å².